The van der Waals surface area contributed by atoms with Crippen LogP contribution in [0.25, 0.3) is 0 Å². The zero-order chi connectivity index (χ0) is 17.4. The summed E-state index contributed by atoms with van der Waals surface area (Å²) < 4.78 is -0.311. The largest absolute Gasteiger partial charge is 0.304 e. The second kappa shape index (κ2) is 7.22. The first-order valence-electron chi connectivity index (χ1n) is 10.4. The molecule has 25 heavy (non-hydrogen) atoms. The van der Waals surface area contributed by atoms with Gasteiger partial charge in [-0.25, -0.2) is 0 Å². The Balaban J connectivity index is 1.33. The van der Waals surface area contributed by atoms with Crippen molar-refractivity contribution in [3.8, 4) is 0 Å². The van der Waals surface area contributed by atoms with E-state index in [1.165, 1.54) is 64.6 Å². The number of thioether (sulfide) groups is 1. The van der Waals surface area contributed by atoms with Gasteiger partial charge < -0.3 is 10.2 Å². The van der Waals surface area contributed by atoms with Gasteiger partial charge in [0.15, 0.2) is 5.17 Å². The van der Waals surface area contributed by atoms with Gasteiger partial charge in [0.1, 0.15) is 0 Å². The van der Waals surface area contributed by atoms with Gasteiger partial charge in [0.2, 0.25) is 5.91 Å². The molecule has 1 N–H and O–H groups in total. The Morgan fingerprint density at radius 2 is 2.04 bits per heavy atom. The maximum Gasteiger partial charge on any atom is 0.242 e. The average molecular weight is 364 g/mol. The van der Waals surface area contributed by atoms with Crippen LogP contribution in [0.2, 0.25) is 0 Å². The number of amidine groups is 1. The molecule has 2 aliphatic carbocycles. The minimum absolute atomic E-state index is 0.190. The van der Waals surface area contributed by atoms with Gasteiger partial charge in [-0.1, -0.05) is 25.1 Å². The Morgan fingerprint density at radius 3 is 2.68 bits per heavy atom. The fourth-order valence-electron chi connectivity index (χ4n) is 5.51. The van der Waals surface area contributed by atoms with Crippen LogP contribution in [0.5, 0.6) is 0 Å². The molecule has 4 fully saturated rings. The lowest BCUT2D eigenvalue weighted by Crippen LogP contribution is -2.40. The van der Waals surface area contributed by atoms with Crippen molar-refractivity contribution < 1.29 is 4.79 Å². The van der Waals surface area contributed by atoms with Crippen molar-refractivity contribution in [2.24, 2.45) is 22.7 Å². The van der Waals surface area contributed by atoms with Crippen molar-refractivity contribution in [2.45, 2.75) is 76.0 Å². The fourth-order valence-corrected chi connectivity index (χ4v) is 6.73. The number of rotatable bonds is 5. The minimum Gasteiger partial charge on any atom is -0.304 e. The number of piperidine rings is 1. The lowest BCUT2D eigenvalue weighted by Gasteiger charge is -2.34. The van der Waals surface area contributed by atoms with Gasteiger partial charge in [0, 0.05) is 0 Å². The van der Waals surface area contributed by atoms with Crippen LogP contribution in [-0.2, 0) is 4.79 Å². The summed E-state index contributed by atoms with van der Waals surface area (Å²) in [5.41, 5.74) is 0. The molecular formula is C20H33N3OS. The monoisotopic (exact) mass is 363 g/mol. The molecular weight excluding hydrogens is 330 g/mol. The molecule has 5 heteroatoms. The Bertz CT molecular complexity index is 543. The highest BCUT2D eigenvalue weighted by Crippen LogP contribution is 2.47. The van der Waals surface area contributed by atoms with E-state index in [1.807, 2.05) is 0 Å². The van der Waals surface area contributed by atoms with Crippen molar-refractivity contribution in [1.82, 2.24) is 10.2 Å². The number of amides is 1. The van der Waals surface area contributed by atoms with E-state index >= 15 is 0 Å². The minimum atomic E-state index is -0.311. The summed E-state index contributed by atoms with van der Waals surface area (Å²) in [6, 6.07) is 0.473. The molecule has 2 unspecified atom stereocenters. The van der Waals surface area contributed by atoms with E-state index < -0.39 is 0 Å². The molecule has 0 spiro atoms. The normalized spacial score (nSPS) is 41.0. The summed E-state index contributed by atoms with van der Waals surface area (Å²) in [7, 11) is 0. The zero-order valence-corrected chi connectivity index (χ0v) is 16.6. The Labute approximate surface area is 156 Å². The molecule has 4 atom stereocenters. The van der Waals surface area contributed by atoms with E-state index in [9.17, 15) is 4.79 Å². The topological polar surface area (TPSA) is 44.7 Å². The molecule has 4 nitrogen and oxygen atoms in total. The predicted octanol–water partition coefficient (Wildman–Crippen LogP) is 3.66. The van der Waals surface area contributed by atoms with Crippen molar-refractivity contribution in [2.75, 3.05) is 19.6 Å². The van der Waals surface area contributed by atoms with Gasteiger partial charge in [-0.2, -0.15) is 0 Å². The first kappa shape index (κ1) is 17.8. The second-order valence-electron chi connectivity index (χ2n) is 8.95. The van der Waals surface area contributed by atoms with Crippen molar-refractivity contribution in [1.29, 1.82) is 0 Å². The highest BCUT2D eigenvalue weighted by Gasteiger charge is 2.46. The first-order chi connectivity index (χ1) is 12.1. The molecule has 2 saturated carbocycles. The number of aliphatic imine (C=N–C) groups is 1. The highest BCUT2D eigenvalue weighted by atomic mass is 32.2. The number of nitrogens with zero attached hydrogens (tertiary/aromatic N) is 2. The molecule has 2 heterocycles. The van der Waals surface area contributed by atoms with Gasteiger partial charge in [-0.05, 0) is 89.3 Å². The number of likely N-dealkylation sites (tertiary alicyclic amines) is 1. The summed E-state index contributed by atoms with van der Waals surface area (Å²) in [5, 5.41) is 4.02. The molecule has 4 rings (SSSR count). The molecule has 2 saturated heterocycles. The average Bonchev–Trinajstić information content (AvgIpc) is 3.26. The number of carbonyl (C=O) groups is 1. The molecule has 1 amide bonds. The van der Waals surface area contributed by atoms with E-state index in [2.05, 4.69) is 24.1 Å². The van der Waals surface area contributed by atoms with Gasteiger partial charge in [-0.15, -0.1) is 0 Å². The van der Waals surface area contributed by atoms with Crippen LogP contribution in [0, 0.1) is 17.8 Å². The molecule has 2 aliphatic heterocycles. The van der Waals surface area contributed by atoms with Crippen LogP contribution in [0.4, 0.5) is 0 Å². The van der Waals surface area contributed by atoms with Gasteiger partial charge >= 0.3 is 0 Å². The summed E-state index contributed by atoms with van der Waals surface area (Å²) in [6.07, 6.45) is 10.1. The van der Waals surface area contributed by atoms with Gasteiger partial charge in [0.05, 0.1) is 10.8 Å². The van der Waals surface area contributed by atoms with Crippen LogP contribution < -0.4 is 5.32 Å². The second-order valence-corrected chi connectivity index (χ2v) is 10.4. The SMILES string of the molecule is CCCN1CCC(CC2(C)SC(=N[C@H]3C[C@@H]4CCC3C4)NC2=O)CC1. The molecule has 0 aromatic rings. The molecule has 2 bridgehead atoms. The lowest BCUT2D eigenvalue weighted by atomic mass is 9.87. The van der Waals surface area contributed by atoms with Crippen LogP contribution in [0.15, 0.2) is 4.99 Å². The lowest BCUT2D eigenvalue weighted by molar-refractivity contribution is -0.121. The highest BCUT2D eigenvalue weighted by molar-refractivity contribution is 8.16. The number of fused-ring (bicyclic) bond motifs is 2. The van der Waals surface area contributed by atoms with Crippen molar-refractivity contribution in [3.63, 3.8) is 0 Å². The zero-order valence-electron chi connectivity index (χ0n) is 15.8. The van der Waals surface area contributed by atoms with Gasteiger partial charge in [-0.3, -0.25) is 9.79 Å². The Hall–Kier alpha value is -0.550. The fraction of sp³-hybridized carbons (Fsp3) is 0.900. The van der Waals surface area contributed by atoms with E-state index in [1.54, 1.807) is 11.8 Å². The quantitative estimate of drug-likeness (QED) is 0.811. The number of nitrogens with one attached hydrogen (secondary N) is 1. The summed E-state index contributed by atoms with van der Waals surface area (Å²) in [4.78, 5) is 20.2. The third kappa shape index (κ3) is 3.78. The predicted molar refractivity (Wildman–Crippen MR) is 105 cm³/mol. The number of hydrogen-bond donors (Lipinski definition) is 1. The Kier molecular flexibility index (Phi) is 5.16. The third-order valence-corrected chi connectivity index (χ3v) is 8.14. The van der Waals surface area contributed by atoms with E-state index in [-0.39, 0.29) is 10.7 Å². The number of carbonyl (C=O) groups excluding carboxylic acids is 1. The van der Waals surface area contributed by atoms with Crippen LogP contribution in [0.3, 0.4) is 0 Å². The molecule has 0 aromatic heterocycles. The summed E-state index contributed by atoms with van der Waals surface area (Å²) in [5.74, 6) is 2.56. The third-order valence-electron chi connectivity index (χ3n) is 6.93. The van der Waals surface area contributed by atoms with E-state index in [0.717, 1.165) is 23.4 Å². The van der Waals surface area contributed by atoms with Crippen molar-refractivity contribution >= 4 is 22.8 Å². The van der Waals surface area contributed by atoms with E-state index in [0.29, 0.717) is 12.0 Å². The van der Waals surface area contributed by atoms with Crippen molar-refractivity contribution in [3.05, 3.63) is 0 Å². The van der Waals surface area contributed by atoms with Crippen LogP contribution in [0.1, 0.15) is 65.2 Å². The number of hydrogen-bond acceptors (Lipinski definition) is 4. The molecule has 4 aliphatic rings. The van der Waals surface area contributed by atoms with E-state index in [4.69, 9.17) is 4.99 Å². The molecule has 140 valence electrons. The smallest absolute Gasteiger partial charge is 0.242 e. The summed E-state index contributed by atoms with van der Waals surface area (Å²) >= 11 is 1.72. The van der Waals surface area contributed by atoms with Crippen LogP contribution in [-0.4, -0.2) is 46.4 Å². The van der Waals surface area contributed by atoms with Gasteiger partial charge in [0.25, 0.3) is 0 Å². The summed E-state index contributed by atoms with van der Waals surface area (Å²) in [6.45, 7) is 8.01. The molecule has 0 aromatic carbocycles. The molecule has 0 radical (unpaired) electrons. The standard InChI is InChI=1S/C20H33N3OS/c1-3-8-23-9-6-14(7-10-23)13-20(2)18(24)22-19(25-20)21-17-12-15-4-5-16(17)11-15/h14-17H,3-13H2,1-2H3,(H,21,22,24)/t15-,16?,17+,20?/m1/s1. The van der Waals surface area contributed by atoms with Crippen LogP contribution >= 0.6 is 11.8 Å². The maximum atomic E-state index is 12.7. The Morgan fingerprint density at radius 1 is 1.24 bits per heavy atom. The first-order valence-corrected chi connectivity index (χ1v) is 11.2. The maximum absolute atomic E-state index is 12.7.